The number of sulfonamides is 1. The Morgan fingerprint density at radius 1 is 1.43 bits per heavy atom. The van der Waals surface area contributed by atoms with Crippen molar-refractivity contribution in [2.24, 2.45) is 5.92 Å². The Labute approximate surface area is 133 Å². The molecule has 1 fully saturated rings. The van der Waals surface area contributed by atoms with Crippen molar-refractivity contribution < 1.29 is 17.6 Å². The summed E-state index contributed by atoms with van der Waals surface area (Å²) in [5.41, 5.74) is 0. The number of carbonyl (C=O) groups is 1. The first-order valence-electron chi connectivity index (χ1n) is 7.36. The summed E-state index contributed by atoms with van der Waals surface area (Å²) < 4.78 is 31.2. The van der Waals surface area contributed by atoms with Gasteiger partial charge >= 0.3 is 0 Å². The van der Waals surface area contributed by atoms with E-state index in [4.69, 9.17) is 4.42 Å². The van der Waals surface area contributed by atoms with Crippen LogP contribution in [0.2, 0.25) is 0 Å². The van der Waals surface area contributed by atoms with Gasteiger partial charge in [-0.3, -0.25) is 4.79 Å². The molecule has 0 radical (unpaired) electrons. The predicted octanol–water partition coefficient (Wildman–Crippen LogP) is 0.720. The van der Waals surface area contributed by atoms with Crippen molar-refractivity contribution in [3.63, 3.8) is 0 Å². The van der Waals surface area contributed by atoms with E-state index in [1.54, 1.807) is 18.4 Å². The summed E-state index contributed by atoms with van der Waals surface area (Å²) in [6.07, 6.45) is 5.17. The Kier molecular flexibility index (Phi) is 4.49. The van der Waals surface area contributed by atoms with Crippen LogP contribution in [-0.4, -0.2) is 41.7 Å². The number of nitrogens with one attached hydrogen (secondary N) is 2. The number of hydrogen-bond donors (Lipinski definition) is 2. The fraction of sp³-hybridized carbons (Fsp3) is 0.429. The van der Waals surface area contributed by atoms with Crippen LogP contribution >= 0.6 is 0 Å². The highest BCUT2D eigenvalue weighted by atomic mass is 32.2. The predicted molar refractivity (Wildman–Crippen MR) is 80.6 cm³/mol. The van der Waals surface area contributed by atoms with Gasteiger partial charge in [0.2, 0.25) is 5.91 Å². The minimum Gasteiger partial charge on any atom is -0.467 e. The zero-order chi connectivity index (χ0) is 16.3. The highest BCUT2D eigenvalue weighted by Crippen LogP contribution is 2.22. The molecule has 1 aliphatic rings. The molecule has 0 unspecified atom stereocenters. The first-order chi connectivity index (χ1) is 11.1. The van der Waals surface area contributed by atoms with E-state index in [9.17, 15) is 13.2 Å². The lowest BCUT2D eigenvalue weighted by Crippen LogP contribution is -2.42. The number of amides is 1. The lowest BCUT2D eigenvalue weighted by molar-refractivity contribution is -0.126. The molecule has 9 heteroatoms. The summed E-state index contributed by atoms with van der Waals surface area (Å²) in [5.74, 6) is 0.441. The molecule has 0 spiro atoms. The Morgan fingerprint density at radius 3 is 2.83 bits per heavy atom. The molecule has 0 aromatic carbocycles. The first-order valence-corrected chi connectivity index (χ1v) is 8.80. The van der Waals surface area contributed by atoms with Crippen molar-refractivity contribution in [1.29, 1.82) is 0 Å². The average Bonchev–Trinajstić information content (AvgIpc) is 3.26. The van der Waals surface area contributed by atoms with Crippen LogP contribution in [0.15, 0.2) is 40.4 Å². The molecule has 8 nitrogen and oxygen atoms in total. The van der Waals surface area contributed by atoms with Gasteiger partial charge in [0.25, 0.3) is 10.0 Å². The maximum Gasteiger partial charge on any atom is 0.260 e. The number of aromatic nitrogens is 2. The van der Waals surface area contributed by atoms with Crippen LogP contribution in [0.5, 0.6) is 0 Å². The fourth-order valence-electron chi connectivity index (χ4n) is 2.61. The molecule has 2 aromatic heterocycles. The van der Waals surface area contributed by atoms with Gasteiger partial charge in [0.05, 0.1) is 25.3 Å². The molecule has 1 amide bonds. The Bertz CT molecular complexity index is 732. The van der Waals surface area contributed by atoms with Crippen LogP contribution in [0, 0.1) is 5.92 Å². The van der Waals surface area contributed by atoms with Gasteiger partial charge in [0.15, 0.2) is 5.03 Å². The highest BCUT2D eigenvalue weighted by Gasteiger charge is 2.32. The molecular formula is C14H18N4O4S. The fourth-order valence-corrected chi connectivity index (χ4v) is 3.98. The minimum absolute atomic E-state index is 0.0695. The maximum atomic E-state index is 12.3. The lowest BCUT2D eigenvalue weighted by Gasteiger charge is -2.29. The van der Waals surface area contributed by atoms with Crippen LogP contribution in [0.25, 0.3) is 0 Å². The molecule has 0 aliphatic carbocycles. The zero-order valence-corrected chi connectivity index (χ0v) is 13.3. The van der Waals surface area contributed by atoms with Gasteiger partial charge in [-0.25, -0.2) is 13.4 Å². The first kappa shape index (κ1) is 15.8. The quantitative estimate of drug-likeness (QED) is 0.835. The number of aromatic amines is 1. The van der Waals surface area contributed by atoms with Gasteiger partial charge in [0, 0.05) is 19.0 Å². The monoisotopic (exact) mass is 338 g/mol. The van der Waals surface area contributed by atoms with Gasteiger partial charge in [-0.15, -0.1) is 0 Å². The molecular weight excluding hydrogens is 320 g/mol. The number of H-pyrrole nitrogens is 1. The zero-order valence-electron chi connectivity index (χ0n) is 12.4. The summed E-state index contributed by atoms with van der Waals surface area (Å²) in [6.45, 7) is 0.985. The molecule has 0 bridgehead atoms. The number of rotatable bonds is 5. The normalized spacial score (nSPS) is 17.2. The summed E-state index contributed by atoms with van der Waals surface area (Å²) in [5, 5.41) is 2.90. The molecule has 1 saturated heterocycles. The van der Waals surface area contributed by atoms with E-state index in [0.717, 1.165) is 0 Å². The number of hydrogen-bond acceptors (Lipinski definition) is 5. The second-order valence-electron chi connectivity index (χ2n) is 5.39. The van der Waals surface area contributed by atoms with Crippen LogP contribution < -0.4 is 5.32 Å². The third-order valence-electron chi connectivity index (χ3n) is 3.93. The number of nitrogens with zero attached hydrogens (tertiary/aromatic N) is 2. The van der Waals surface area contributed by atoms with Crippen molar-refractivity contribution in [2.45, 2.75) is 24.4 Å². The van der Waals surface area contributed by atoms with Crippen LogP contribution in [0.4, 0.5) is 0 Å². The average molecular weight is 338 g/mol. The molecule has 3 heterocycles. The second-order valence-corrected chi connectivity index (χ2v) is 7.30. The topological polar surface area (TPSA) is 108 Å². The van der Waals surface area contributed by atoms with Crippen LogP contribution in [-0.2, 0) is 21.4 Å². The molecule has 2 aromatic rings. The third kappa shape index (κ3) is 3.45. The second kappa shape index (κ2) is 6.55. The molecule has 3 rings (SSSR count). The van der Waals surface area contributed by atoms with Crippen LogP contribution in [0.3, 0.4) is 0 Å². The highest BCUT2D eigenvalue weighted by molar-refractivity contribution is 7.89. The molecule has 1 aliphatic heterocycles. The van der Waals surface area contributed by atoms with E-state index in [2.05, 4.69) is 15.3 Å². The van der Waals surface area contributed by atoms with E-state index in [1.165, 1.54) is 16.8 Å². The third-order valence-corrected chi connectivity index (χ3v) is 5.76. The van der Waals surface area contributed by atoms with Gasteiger partial charge in [0.1, 0.15) is 5.76 Å². The number of imidazole rings is 1. The largest absolute Gasteiger partial charge is 0.467 e. The maximum absolute atomic E-state index is 12.3. The van der Waals surface area contributed by atoms with Crippen molar-refractivity contribution in [1.82, 2.24) is 19.6 Å². The Balaban J connectivity index is 1.53. The summed E-state index contributed by atoms with van der Waals surface area (Å²) >= 11 is 0. The Hall–Kier alpha value is -2.13. The van der Waals surface area contributed by atoms with E-state index < -0.39 is 10.0 Å². The summed E-state index contributed by atoms with van der Waals surface area (Å²) in [7, 11) is -3.55. The molecule has 0 atom stereocenters. The number of furan rings is 1. The summed E-state index contributed by atoms with van der Waals surface area (Å²) in [6, 6.07) is 3.56. The van der Waals surface area contributed by atoms with Gasteiger partial charge in [-0.2, -0.15) is 4.31 Å². The van der Waals surface area contributed by atoms with Gasteiger partial charge in [-0.1, -0.05) is 0 Å². The molecule has 124 valence electrons. The van der Waals surface area contributed by atoms with Crippen molar-refractivity contribution in [3.8, 4) is 0 Å². The van der Waals surface area contributed by atoms with Crippen molar-refractivity contribution in [2.75, 3.05) is 13.1 Å². The van der Waals surface area contributed by atoms with E-state index in [-0.39, 0.29) is 16.9 Å². The smallest absolute Gasteiger partial charge is 0.260 e. The standard InChI is InChI=1S/C14H18N4O4S/c19-14(16-8-12-2-1-7-22-12)11-3-5-18(6-4-11)23(20,21)13-9-15-10-17-13/h1-2,7,9-11H,3-6,8H2,(H,15,17)(H,16,19). The van der Waals surface area contributed by atoms with Gasteiger partial charge < -0.3 is 14.7 Å². The van der Waals surface area contributed by atoms with Crippen molar-refractivity contribution >= 4 is 15.9 Å². The van der Waals surface area contributed by atoms with E-state index in [0.29, 0.717) is 38.2 Å². The SMILES string of the molecule is O=C(NCc1ccco1)C1CCN(S(=O)(=O)c2cnc[nH]2)CC1. The molecule has 0 saturated carbocycles. The van der Waals surface area contributed by atoms with Gasteiger partial charge in [-0.05, 0) is 25.0 Å². The minimum atomic E-state index is -3.55. The summed E-state index contributed by atoms with van der Waals surface area (Å²) in [4.78, 5) is 18.5. The lowest BCUT2D eigenvalue weighted by atomic mass is 9.97. The van der Waals surface area contributed by atoms with Crippen molar-refractivity contribution in [3.05, 3.63) is 36.7 Å². The number of piperidine rings is 1. The molecule has 2 N–H and O–H groups in total. The molecule has 23 heavy (non-hydrogen) atoms. The Morgan fingerprint density at radius 2 is 2.22 bits per heavy atom. The number of carbonyl (C=O) groups excluding carboxylic acids is 1. The van der Waals surface area contributed by atoms with E-state index in [1.807, 2.05) is 0 Å². The van der Waals surface area contributed by atoms with E-state index >= 15 is 0 Å². The van der Waals surface area contributed by atoms with Crippen LogP contribution in [0.1, 0.15) is 18.6 Å².